The van der Waals surface area contributed by atoms with Gasteiger partial charge in [0.25, 0.3) is 0 Å². The molecule has 1 fully saturated rings. The van der Waals surface area contributed by atoms with Crippen LogP contribution in [0.3, 0.4) is 0 Å². The van der Waals surface area contributed by atoms with Crippen molar-refractivity contribution in [2.45, 2.75) is 37.5 Å². The third-order valence-electron chi connectivity index (χ3n) is 7.00. The number of nitrogens with one attached hydrogen (secondary N) is 1. The molecule has 0 radical (unpaired) electrons. The first kappa shape index (κ1) is 24.0. The number of fused-ring (bicyclic) bond motifs is 1. The molecule has 0 spiro atoms. The van der Waals surface area contributed by atoms with Gasteiger partial charge < -0.3 is 10.4 Å². The van der Waals surface area contributed by atoms with Crippen LogP contribution in [-0.4, -0.2) is 28.2 Å². The number of nitrogens with zero attached hydrogens (tertiary/aromatic N) is 2. The molecule has 0 amide bonds. The zero-order chi connectivity index (χ0) is 24.6. The third-order valence-corrected chi connectivity index (χ3v) is 7.39. The van der Waals surface area contributed by atoms with Gasteiger partial charge in [-0.25, -0.2) is 4.98 Å². The maximum Gasteiger partial charge on any atom is 0.434 e. The molecule has 3 aromatic rings. The van der Waals surface area contributed by atoms with Gasteiger partial charge in [-0.2, -0.15) is 13.2 Å². The number of benzene rings is 1. The van der Waals surface area contributed by atoms with Crippen molar-refractivity contribution in [3.8, 4) is 0 Å². The Morgan fingerprint density at radius 3 is 2.54 bits per heavy atom. The summed E-state index contributed by atoms with van der Waals surface area (Å²) in [6.45, 7) is 1.54. The number of halogens is 4. The van der Waals surface area contributed by atoms with E-state index in [4.69, 9.17) is 11.6 Å². The van der Waals surface area contributed by atoms with E-state index >= 15 is 0 Å². The first-order valence-corrected chi connectivity index (χ1v) is 12.1. The quantitative estimate of drug-likeness (QED) is 0.444. The maximum atomic E-state index is 14.0. The van der Waals surface area contributed by atoms with E-state index in [2.05, 4.69) is 15.3 Å². The predicted octanol–water partition coefficient (Wildman–Crippen LogP) is 6.27. The molecule has 8 heteroatoms. The van der Waals surface area contributed by atoms with Crippen LogP contribution in [0.25, 0.3) is 16.5 Å². The summed E-state index contributed by atoms with van der Waals surface area (Å²) in [5, 5.41) is 15.9. The Balaban J connectivity index is 1.74. The molecule has 1 aliphatic carbocycles. The van der Waals surface area contributed by atoms with Crippen LogP contribution in [0, 0.1) is 5.92 Å². The topological polar surface area (TPSA) is 58.0 Å². The summed E-state index contributed by atoms with van der Waals surface area (Å²) >= 11 is 6.73. The number of piperidine rings is 1. The van der Waals surface area contributed by atoms with Crippen LogP contribution in [0.1, 0.15) is 48.1 Å². The number of aromatic nitrogens is 2. The fraction of sp³-hybridized carbons (Fsp3) is 0.333. The van der Waals surface area contributed by atoms with Gasteiger partial charge in [0.05, 0.1) is 10.5 Å². The largest absolute Gasteiger partial charge is 0.434 e. The first-order chi connectivity index (χ1) is 16.8. The van der Waals surface area contributed by atoms with E-state index in [0.717, 1.165) is 25.9 Å². The lowest BCUT2D eigenvalue weighted by Crippen LogP contribution is -2.42. The second-order valence-corrected chi connectivity index (χ2v) is 9.45. The lowest BCUT2D eigenvalue weighted by Gasteiger charge is -2.39. The van der Waals surface area contributed by atoms with Gasteiger partial charge in [-0.05, 0) is 74.0 Å². The Kier molecular flexibility index (Phi) is 6.42. The zero-order valence-electron chi connectivity index (χ0n) is 18.9. The molecule has 5 rings (SSSR count). The van der Waals surface area contributed by atoms with Gasteiger partial charge in [-0.1, -0.05) is 42.0 Å². The minimum atomic E-state index is -4.65. The summed E-state index contributed by atoms with van der Waals surface area (Å²) < 4.78 is 42.1. The van der Waals surface area contributed by atoms with Gasteiger partial charge in [0.1, 0.15) is 5.60 Å². The van der Waals surface area contributed by atoms with Crippen molar-refractivity contribution in [3.05, 3.63) is 88.4 Å². The van der Waals surface area contributed by atoms with Crippen molar-refractivity contribution in [2.75, 3.05) is 13.1 Å². The highest BCUT2D eigenvalue weighted by Gasteiger charge is 2.42. The normalized spacial score (nSPS) is 18.9. The molecule has 1 unspecified atom stereocenters. The summed E-state index contributed by atoms with van der Waals surface area (Å²) in [6, 6.07) is 8.48. The minimum Gasteiger partial charge on any atom is -0.380 e. The number of hydrogen-bond acceptors (Lipinski definition) is 4. The average molecular weight is 500 g/mol. The highest BCUT2D eigenvalue weighted by atomic mass is 35.5. The second kappa shape index (κ2) is 9.37. The molecule has 182 valence electrons. The summed E-state index contributed by atoms with van der Waals surface area (Å²) in [5.41, 5.74) is -0.584. The van der Waals surface area contributed by atoms with E-state index in [1.807, 2.05) is 12.1 Å². The molecule has 1 atom stereocenters. The van der Waals surface area contributed by atoms with Crippen molar-refractivity contribution in [2.24, 2.45) is 5.92 Å². The molecule has 0 saturated carbocycles. The summed E-state index contributed by atoms with van der Waals surface area (Å²) in [4.78, 5) is 8.22. The Morgan fingerprint density at radius 2 is 1.89 bits per heavy atom. The van der Waals surface area contributed by atoms with Crippen LogP contribution < -0.4 is 5.32 Å². The number of rotatable bonds is 4. The molecular formula is C27H25ClF3N3O. The number of hydrogen-bond donors (Lipinski definition) is 2. The maximum absolute atomic E-state index is 14.0. The third kappa shape index (κ3) is 4.37. The van der Waals surface area contributed by atoms with E-state index in [-0.39, 0.29) is 22.0 Å². The molecule has 2 aromatic heterocycles. The zero-order valence-corrected chi connectivity index (χ0v) is 19.7. The lowest BCUT2D eigenvalue weighted by molar-refractivity contribution is -0.141. The Hall–Kier alpha value is -2.74. The second-order valence-electron chi connectivity index (χ2n) is 9.07. The molecule has 35 heavy (non-hydrogen) atoms. The van der Waals surface area contributed by atoms with E-state index in [1.54, 1.807) is 42.7 Å². The van der Waals surface area contributed by atoms with Gasteiger partial charge >= 0.3 is 6.18 Å². The molecule has 2 aliphatic rings. The number of pyridine rings is 2. The Bertz CT molecular complexity index is 1300. The van der Waals surface area contributed by atoms with Crippen LogP contribution in [-0.2, 0) is 11.8 Å². The van der Waals surface area contributed by atoms with E-state index in [9.17, 15) is 18.3 Å². The van der Waals surface area contributed by atoms with Crippen molar-refractivity contribution in [1.82, 2.24) is 15.3 Å². The van der Waals surface area contributed by atoms with E-state index < -0.39 is 17.5 Å². The van der Waals surface area contributed by atoms with E-state index in [0.29, 0.717) is 34.9 Å². The summed E-state index contributed by atoms with van der Waals surface area (Å²) in [5.74, 6) is -0.0998. The Morgan fingerprint density at radius 1 is 1.09 bits per heavy atom. The van der Waals surface area contributed by atoms with Crippen LogP contribution in [0.2, 0.25) is 5.02 Å². The smallest absolute Gasteiger partial charge is 0.380 e. The Labute approximate surface area is 206 Å². The van der Waals surface area contributed by atoms with Gasteiger partial charge in [0.2, 0.25) is 0 Å². The fourth-order valence-electron chi connectivity index (χ4n) is 5.24. The molecule has 4 nitrogen and oxygen atoms in total. The monoisotopic (exact) mass is 499 g/mol. The van der Waals surface area contributed by atoms with Crippen LogP contribution in [0.5, 0.6) is 0 Å². The average Bonchev–Trinajstić information content (AvgIpc) is 2.89. The highest BCUT2D eigenvalue weighted by molar-refractivity contribution is 6.37. The molecule has 1 aliphatic heterocycles. The fourth-order valence-corrected chi connectivity index (χ4v) is 5.60. The van der Waals surface area contributed by atoms with Crippen molar-refractivity contribution in [3.63, 3.8) is 0 Å². The molecular weight excluding hydrogens is 475 g/mol. The van der Waals surface area contributed by atoms with Gasteiger partial charge in [-0.3, -0.25) is 4.98 Å². The van der Waals surface area contributed by atoms with Crippen molar-refractivity contribution >= 4 is 28.1 Å². The van der Waals surface area contributed by atoms with Gasteiger partial charge in [-0.15, -0.1) is 0 Å². The predicted molar refractivity (Wildman–Crippen MR) is 131 cm³/mol. The standard InChI is InChI=1S/C27H25ClF3N3O/c28-24-21-15-19(26(35,18-10-13-32-14-11-18)20-7-4-12-33-16-20)8-9-22(21)34-25(27(29,30)31)23(24)17-5-2-1-3-6-17/h1-2,4-5,7-9,12,15-16,18,32,35H,3,6,10-11,13-14H2. The lowest BCUT2D eigenvalue weighted by atomic mass is 9.72. The van der Waals surface area contributed by atoms with Crippen LogP contribution >= 0.6 is 11.6 Å². The molecule has 1 saturated heterocycles. The van der Waals surface area contributed by atoms with Crippen molar-refractivity contribution in [1.29, 1.82) is 0 Å². The van der Waals surface area contributed by atoms with Gasteiger partial charge in [0, 0.05) is 28.9 Å². The SMILES string of the molecule is OC(c1cccnc1)(c1ccc2nc(C(F)(F)F)c(C3=CC=CCC3)c(Cl)c2c1)C1CCNCC1. The summed E-state index contributed by atoms with van der Waals surface area (Å²) in [7, 11) is 0. The number of alkyl halides is 3. The van der Waals surface area contributed by atoms with Crippen LogP contribution in [0.15, 0.2) is 61.0 Å². The molecule has 1 aromatic carbocycles. The number of aliphatic hydroxyl groups is 1. The van der Waals surface area contributed by atoms with Crippen molar-refractivity contribution < 1.29 is 18.3 Å². The first-order valence-electron chi connectivity index (χ1n) is 11.7. The molecule has 2 N–H and O–H groups in total. The molecule has 0 bridgehead atoms. The van der Waals surface area contributed by atoms with Crippen LogP contribution in [0.4, 0.5) is 13.2 Å². The number of allylic oxidation sites excluding steroid dienone is 4. The highest BCUT2D eigenvalue weighted by Crippen LogP contribution is 2.45. The summed E-state index contributed by atoms with van der Waals surface area (Å²) in [6.07, 6.45) is 6.51. The van der Waals surface area contributed by atoms with E-state index in [1.165, 1.54) is 6.07 Å². The van der Waals surface area contributed by atoms with Gasteiger partial charge in [0.15, 0.2) is 5.69 Å². The molecule has 3 heterocycles. The minimum absolute atomic E-state index is 0.00423.